The quantitative estimate of drug-likeness (QED) is 0.836. The lowest BCUT2D eigenvalue weighted by molar-refractivity contribution is 0.0533. The first-order chi connectivity index (χ1) is 6.79. The van der Waals surface area contributed by atoms with E-state index < -0.39 is 0 Å². The summed E-state index contributed by atoms with van der Waals surface area (Å²) < 4.78 is 5.31. The predicted molar refractivity (Wildman–Crippen MR) is 62.2 cm³/mol. The molecule has 2 N–H and O–H groups in total. The topological polar surface area (TPSA) is 48.1 Å². The Bertz CT molecular complexity index is 286. The van der Waals surface area contributed by atoms with Crippen molar-refractivity contribution < 1.29 is 4.74 Å². The van der Waals surface area contributed by atoms with E-state index in [1.54, 1.807) is 6.20 Å². The summed E-state index contributed by atoms with van der Waals surface area (Å²) in [6, 6.07) is 4.04. The molecule has 84 valence electrons. The standard InChI is InChI=1S/C11H16N2O.ClH/c12-11(3-6-14-7-4-11)8-10-2-1-5-13-9-10;/h1-2,5,9H,3-4,6-8,12H2;1H. The van der Waals surface area contributed by atoms with Crippen LogP contribution in [-0.4, -0.2) is 23.7 Å². The fraction of sp³-hybridized carbons (Fsp3) is 0.545. The van der Waals surface area contributed by atoms with Gasteiger partial charge in [0, 0.05) is 31.1 Å². The number of halogens is 1. The van der Waals surface area contributed by atoms with Gasteiger partial charge in [-0.1, -0.05) is 6.07 Å². The van der Waals surface area contributed by atoms with Crippen LogP contribution in [0.4, 0.5) is 0 Å². The Morgan fingerprint density at radius 3 is 2.73 bits per heavy atom. The van der Waals surface area contributed by atoms with Crippen molar-refractivity contribution in [2.75, 3.05) is 13.2 Å². The maximum absolute atomic E-state index is 6.28. The zero-order valence-corrected chi connectivity index (χ0v) is 9.50. The highest BCUT2D eigenvalue weighted by atomic mass is 35.5. The highest BCUT2D eigenvalue weighted by Crippen LogP contribution is 2.21. The highest BCUT2D eigenvalue weighted by Gasteiger charge is 2.27. The van der Waals surface area contributed by atoms with E-state index in [0.29, 0.717) is 0 Å². The van der Waals surface area contributed by atoms with E-state index in [1.807, 2.05) is 12.3 Å². The molecule has 2 heterocycles. The molecule has 1 fully saturated rings. The van der Waals surface area contributed by atoms with Crippen LogP contribution in [0.5, 0.6) is 0 Å². The van der Waals surface area contributed by atoms with Gasteiger partial charge in [0.2, 0.25) is 0 Å². The van der Waals surface area contributed by atoms with Gasteiger partial charge in [-0.3, -0.25) is 4.98 Å². The van der Waals surface area contributed by atoms with Crippen molar-refractivity contribution in [1.82, 2.24) is 4.98 Å². The summed E-state index contributed by atoms with van der Waals surface area (Å²) in [5.41, 5.74) is 7.42. The van der Waals surface area contributed by atoms with Crippen molar-refractivity contribution >= 4 is 12.4 Å². The van der Waals surface area contributed by atoms with Gasteiger partial charge in [0.1, 0.15) is 0 Å². The number of ether oxygens (including phenoxy) is 1. The Kier molecular flexibility index (Phi) is 4.51. The van der Waals surface area contributed by atoms with Gasteiger partial charge in [-0.25, -0.2) is 0 Å². The third-order valence-corrected chi connectivity index (χ3v) is 2.77. The first kappa shape index (κ1) is 12.4. The average molecular weight is 229 g/mol. The van der Waals surface area contributed by atoms with Crippen LogP contribution in [0.3, 0.4) is 0 Å². The number of nitrogens with zero attached hydrogens (tertiary/aromatic N) is 1. The molecule has 1 aliphatic rings. The van der Waals surface area contributed by atoms with Gasteiger partial charge in [0.25, 0.3) is 0 Å². The Morgan fingerprint density at radius 1 is 1.40 bits per heavy atom. The molecule has 0 atom stereocenters. The second-order valence-corrected chi connectivity index (χ2v) is 4.01. The molecule has 0 unspecified atom stereocenters. The van der Waals surface area contributed by atoms with Crippen molar-refractivity contribution in [3.63, 3.8) is 0 Å². The summed E-state index contributed by atoms with van der Waals surface area (Å²) in [6.45, 7) is 1.58. The largest absolute Gasteiger partial charge is 0.381 e. The number of hydrogen-bond donors (Lipinski definition) is 1. The van der Waals surface area contributed by atoms with Crippen LogP contribution in [0.2, 0.25) is 0 Å². The maximum Gasteiger partial charge on any atom is 0.0483 e. The molecule has 0 aromatic carbocycles. The van der Waals surface area contributed by atoms with Gasteiger partial charge < -0.3 is 10.5 Å². The lowest BCUT2D eigenvalue weighted by Gasteiger charge is -2.33. The molecule has 1 saturated heterocycles. The molecule has 1 aromatic heterocycles. The molecule has 2 rings (SSSR count). The normalized spacial score (nSPS) is 19.3. The second-order valence-electron chi connectivity index (χ2n) is 4.01. The molecule has 0 spiro atoms. The number of aromatic nitrogens is 1. The third kappa shape index (κ3) is 3.45. The Balaban J connectivity index is 0.00000112. The summed E-state index contributed by atoms with van der Waals surface area (Å²) in [4.78, 5) is 4.09. The fourth-order valence-corrected chi connectivity index (χ4v) is 1.86. The van der Waals surface area contributed by atoms with Crippen molar-refractivity contribution in [3.8, 4) is 0 Å². The SMILES string of the molecule is Cl.NC1(Cc2cccnc2)CCOCC1. The first-order valence-corrected chi connectivity index (χ1v) is 5.04. The Labute approximate surface area is 96.4 Å². The number of pyridine rings is 1. The molecule has 0 amide bonds. The first-order valence-electron chi connectivity index (χ1n) is 5.04. The molecule has 1 aromatic rings. The molecular formula is C11H17ClN2O. The van der Waals surface area contributed by atoms with Crippen LogP contribution in [-0.2, 0) is 11.2 Å². The van der Waals surface area contributed by atoms with Gasteiger partial charge in [-0.15, -0.1) is 12.4 Å². The molecule has 15 heavy (non-hydrogen) atoms. The van der Waals surface area contributed by atoms with Crippen LogP contribution in [0.25, 0.3) is 0 Å². The van der Waals surface area contributed by atoms with Gasteiger partial charge in [0.05, 0.1) is 0 Å². The van der Waals surface area contributed by atoms with E-state index in [9.17, 15) is 0 Å². The van der Waals surface area contributed by atoms with Crippen LogP contribution < -0.4 is 5.73 Å². The van der Waals surface area contributed by atoms with E-state index in [-0.39, 0.29) is 17.9 Å². The third-order valence-electron chi connectivity index (χ3n) is 2.77. The molecule has 0 radical (unpaired) electrons. The highest BCUT2D eigenvalue weighted by molar-refractivity contribution is 5.85. The summed E-state index contributed by atoms with van der Waals surface area (Å²) in [6.07, 6.45) is 6.48. The van der Waals surface area contributed by atoms with E-state index >= 15 is 0 Å². The van der Waals surface area contributed by atoms with Crippen LogP contribution in [0.15, 0.2) is 24.5 Å². The summed E-state index contributed by atoms with van der Waals surface area (Å²) in [5, 5.41) is 0. The monoisotopic (exact) mass is 228 g/mol. The van der Waals surface area contributed by atoms with Crippen molar-refractivity contribution in [3.05, 3.63) is 30.1 Å². The summed E-state index contributed by atoms with van der Waals surface area (Å²) >= 11 is 0. The molecule has 0 aliphatic carbocycles. The molecule has 0 bridgehead atoms. The van der Waals surface area contributed by atoms with Crippen LogP contribution in [0, 0.1) is 0 Å². The van der Waals surface area contributed by atoms with Crippen LogP contribution >= 0.6 is 12.4 Å². The number of nitrogens with two attached hydrogens (primary N) is 1. The second kappa shape index (κ2) is 5.45. The van der Waals surface area contributed by atoms with E-state index in [0.717, 1.165) is 32.5 Å². The van der Waals surface area contributed by atoms with E-state index in [1.165, 1.54) is 5.56 Å². The molecule has 3 nitrogen and oxygen atoms in total. The Morgan fingerprint density at radius 2 is 2.13 bits per heavy atom. The predicted octanol–water partition coefficient (Wildman–Crippen LogP) is 1.55. The molecule has 1 aliphatic heterocycles. The lowest BCUT2D eigenvalue weighted by Crippen LogP contribution is -2.46. The fourth-order valence-electron chi connectivity index (χ4n) is 1.86. The van der Waals surface area contributed by atoms with Gasteiger partial charge in [-0.2, -0.15) is 0 Å². The molecule has 0 saturated carbocycles. The van der Waals surface area contributed by atoms with E-state index in [4.69, 9.17) is 10.5 Å². The minimum Gasteiger partial charge on any atom is -0.381 e. The average Bonchev–Trinajstić information content (AvgIpc) is 2.19. The maximum atomic E-state index is 6.28. The van der Waals surface area contributed by atoms with Crippen molar-refractivity contribution in [1.29, 1.82) is 0 Å². The van der Waals surface area contributed by atoms with Gasteiger partial charge >= 0.3 is 0 Å². The zero-order valence-electron chi connectivity index (χ0n) is 8.69. The molecular weight excluding hydrogens is 212 g/mol. The minimum atomic E-state index is -0.0821. The smallest absolute Gasteiger partial charge is 0.0483 e. The zero-order chi connectivity index (χ0) is 9.86. The molecule has 4 heteroatoms. The number of rotatable bonds is 2. The van der Waals surface area contributed by atoms with Gasteiger partial charge in [0.15, 0.2) is 0 Å². The minimum absolute atomic E-state index is 0. The summed E-state index contributed by atoms with van der Waals surface area (Å²) in [5.74, 6) is 0. The lowest BCUT2D eigenvalue weighted by atomic mass is 9.85. The van der Waals surface area contributed by atoms with Crippen molar-refractivity contribution in [2.45, 2.75) is 24.8 Å². The van der Waals surface area contributed by atoms with Gasteiger partial charge in [-0.05, 0) is 30.9 Å². The van der Waals surface area contributed by atoms with Crippen LogP contribution in [0.1, 0.15) is 18.4 Å². The van der Waals surface area contributed by atoms with E-state index in [2.05, 4.69) is 11.1 Å². The summed E-state index contributed by atoms with van der Waals surface area (Å²) in [7, 11) is 0. The Hall–Kier alpha value is -0.640. The number of hydrogen-bond acceptors (Lipinski definition) is 3. The van der Waals surface area contributed by atoms with Crippen molar-refractivity contribution in [2.24, 2.45) is 5.73 Å².